The maximum atomic E-state index is 14.7. The molecule has 1 N–H and O–H groups in total. The number of piperidine rings is 1. The van der Waals surface area contributed by atoms with Crippen LogP contribution in [0.25, 0.3) is 11.1 Å². The van der Waals surface area contributed by atoms with Crippen LogP contribution >= 0.6 is 0 Å². The van der Waals surface area contributed by atoms with Crippen LogP contribution in [0.5, 0.6) is 0 Å². The summed E-state index contributed by atoms with van der Waals surface area (Å²) >= 11 is 0. The first-order chi connectivity index (χ1) is 15.7. The summed E-state index contributed by atoms with van der Waals surface area (Å²) in [6, 6.07) is 6.90. The molecule has 1 saturated carbocycles. The van der Waals surface area contributed by atoms with E-state index in [1.165, 1.54) is 23.5 Å². The summed E-state index contributed by atoms with van der Waals surface area (Å²) in [4.78, 5) is 27.5. The van der Waals surface area contributed by atoms with Crippen LogP contribution in [0.1, 0.15) is 45.6 Å². The topological polar surface area (TPSA) is 95.6 Å². The Hall–Kier alpha value is -3.34. The van der Waals surface area contributed by atoms with Crippen LogP contribution < -0.4 is 5.32 Å². The van der Waals surface area contributed by atoms with Crippen molar-refractivity contribution in [3.8, 4) is 17.2 Å². The molecule has 2 unspecified atom stereocenters. The molecule has 1 aromatic carbocycles. The maximum Gasteiger partial charge on any atom is 0.411 e. The van der Waals surface area contributed by atoms with Crippen LogP contribution in [0.4, 0.5) is 9.18 Å². The number of fused-ring (bicyclic) bond motifs is 2. The average molecular weight is 454 g/mol. The molecule has 2 amide bonds. The molecule has 1 aromatic heterocycles. The van der Waals surface area contributed by atoms with Gasteiger partial charge in [-0.15, -0.1) is 0 Å². The molecule has 2 aliphatic rings. The predicted octanol–water partition coefficient (Wildman–Crippen LogP) is 4.42. The number of ether oxygens (including phenoxy) is 1. The Morgan fingerprint density at radius 2 is 2.09 bits per heavy atom. The van der Waals surface area contributed by atoms with Crippen LogP contribution in [0.15, 0.2) is 41.2 Å². The van der Waals surface area contributed by atoms with E-state index >= 15 is 0 Å². The van der Waals surface area contributed by atoms with E-state index in [-0.39, 0.29) is 18.4 Å². The van der Waals surface area contributed by atoms with Gasteiger partial charge in [0.2, 0.25) is 5.91 Å². The van der Waals surface area contributed by atoms with E-state index in [4.69, 9.17) is 9.15 Å². The van der Waals surface area contributed by atoms with Gasteiger partial charge in [-0.2, -0.15) is 5.26 Å². The molecule has 8 heteroatoms. The zero-order chi connectivity index (χ0) is 23.8. The van der Waals surface area contributed by atoms with Gasteiger partial charge in [-0.05, 0) is 69.2 Å². The van der Waals surface area contributed by atoms with E-state index in [0.29, 0.717) is 11.1 Å². The van der Waals surface area contributed by atoms with Crippen LogP contribution in [0.3, 0.4) is 0 Å². The average Bonchev–Trinajstić information content (AvgIpc) is 3.50. The quantitative estimate of drug-likeness (QED) is 0.723. The van der Waals surface area contributed by atoms with Crippen molar-refractivity contribution in [2.24, 2.45) is 5.92 Å². The Morgan fingerprint density at radius 3 is 2.73 bits per heavy atom. The normalized spacial score (nSPS) is 22.6. The Balaban J connectivity index is 1.45. The Kier molecular flexibility index (Phi) is 6.15. The lowest BCUT2D eigenvalue weighted by atomic mass is 9.97. The molecular formula is C25H28FN3O4. The first-order valence-corrected chi connectivity index (χ1v) is 11.2. The number of hydrogen-bond acceptors (Lipinski definition) is 5. The number of hydrogen-bond donors (Lipinski definition) is 1. The molecule has 2 bridgehead atoms. The molecule has 2 aromatic rings. The first-order valence-electron chi connectivity index (χ1n) is 11.2. The Morgan fingerprint density at radius 1 is 1.30 bits per heavy atom. The van der Waals surface area contributed by atoms with E-state index in [2.05, 4.69) is 11.4 Å². The number of halogens is 1. The molecule has 1 aliphatic carbocycles. The van der Waals surface area contributed by atoms with Gasteiger partial charge in [-0.1, -0.05) is 12.1 Å². The number of furan rings is 1. The summed E-state index contributed by atoms with van der Waals surface area (Å²) in [5, 5.41) is 12.4. The van der Waals surface area contributed by atoms with Crippen LogP contribution in [0.2, 0.25) is 0 Å². The number of rotatable bonds is 5. The molecule has 7 nitrogen and oxygen atoms in total. The van der Waals surface area contributed by atoms with Gasteiger partial charge in [0, 0.05) is 18.0 Å². The fourth-order valence-corrected chi connectivity index (χ4v) is 4.83. The predicted molar refractivity (Wildman–Crippen MR) is 118 cm³/mol. The Labute approximate surface area is 192 Å². The summed E-state index contributed by atoms with van der Waals surface area (Å²) in [6.45, 7) is 5.35. The molecule has 33 heavy (non-hydrogen) atoms. The highest BCUT2D eigenvalue weighted by Crippen LogP contribution is 2.43. The third-order valence-electron chi connectivity index (χ3n) is 6.26. The number of likely N-dealkylation sites (tertiary alicyclic amines) is 1. The van der Waals surface area contributed by atoms with Crippen LogP contribution in [0, 0.1) is 23.1 Å². The van der Waals surface area contributed by atoms with Gasteiger partial charge in [-0.25, -0.2) is 9.18 Å². The molecule has 1 aliphatic heterocycles. The number of carbonyl (C=O) groups excluding carboxylic acids is 2. The molecule has 0 radical (unpaired) electrons. The second-order valence-electron chi connectivity index (χ2n) is 9.77. The summed E-state index contributed by atoms with van der Waals surface area (Å²) in [5.74, 6) is -0.818. The van der Waals surface area contributed by atoms with Gasteiger partial charge in [0.1, 0.15) is 23.5 Å². The number of nitrogens with one attached hydrogen (secondary N) is 1. The van der Waals surface area contributed by atoms with Crippen molar-refractivity contribution in [1.82, 2.24) is 10.2 Å². The lowest BCUT2D eigenvalue weighted by molar-refractivity contribution is -0.128. The van der Waals surface area contributed by atoms with E-state index in [0.717, 1.165) is 24.8 Å². The molecule has 2 fully saturated rings. The largest absolute Gasteiger partial charge is 0.472 e. The minimum atomic E-state index is -0.925. The number of benzene rings is 1. The van der Waals surface area contributed by atoms with Crippen molar-refractivity contribution in [1.29, 1.82) is 5.26 Å². The van der Waals surface area contributed by atoms with Crippen molar-refractivity contribution in [3.05, 3.63) is 48.2 Å². The lowest BCUT2D eigenvalue weighted by Crippen LogP contribution is -2.55. The highest BCUT2D eigenvalue weighted by molar-refractivity contribution is 5.87. The standard InChI is InChI=1S/C25H28FN3O4/c1-25(2,3)33-24(31)29-20-7-6-17(11-20)22(29)23(30)28-19(13-27)10-16-5-4-15(12-21(16)26)18-8-9-32-14-18/h4-5,8-9,12,14,17,19-20,22H,6-7,10-11H2,1-3H3,(H,28,30)/t17?,19?,20-,22+/m1/s1. The van der Waals surface area contributed by atoms with Crippen LogP contribution in [-0.4, -0.2) is 40.6 Å². The van der Waals surface area contributed by atoms with Gasteiger partial charge in [0.25, 0.3) is 0 Å². The van der Waals surface area contributed by atoms with Crippen molar-refractivity contribution in [2.75, 3.05) is 0 Å². The molecule has 174 valence electrons. The summed E-state index contributed by atoms with van der Waals surface area (Å²) in [7, 11) is 0. The number of amides is 2. The molecule has 2 heterocycles. The van der Waals surface area contributed by atoms with E-state index in [1.807, 2.05) is 0 Å². The zero-order valence-corrected chi connectivity index (χ0v) is 19.0. The van der Waals surface area contributed by atoms with Crippen molar-refractivity contribution >= 4 is 12.0 Å². The number of nitriles is 1. The third-order valence-corrected chi connectivity index (χ3v) is 6.26. The summed E-state index contributed by atoms with van der Waals surface area (Å²) in [6.07, 6.45) is 4.99. The SMILES string of the molecule is CC(C)(C)OC(=O)N1[C@@H]2CCC(C2)[C@H]1C(=O)NC(C#N)Cc1ccc(-c2ccoc2)cc1F. The fourth-order valence-electron chi connectivity index (χ4n) is 4.83. The van der Waals surface area contributed by atoms with Gasteiger partial charge in [0.15, 0.2) is 0 Å². The first kappa shape index (κ1) is 22.8. The van der Waals surface area contributed by atoms with Gasteiger partial charge in [-0.3, -0.25) is 9.69 Å². The number of nitrogens with zero attached hydrogens (tertiary/aromatic N) is 2. The highest BCUT2D eigenvalue weighted by Gasteiger charge is 2.52. The van der Waals surface area contributed by atoms with Crippen molar-refractivity contribution < 1.29 is 23.1 Å². The van der Waals surface area contributed by atoms with Crippen molar-refractivity contribution in [2.45, 2.75) is 70.2 Å². The molecule has 0 spiro atoms. The van der Waals surface area contributed by atoms with Gasteiger partial charge < -0.3 is 14.5 Å². The molecule has 1 saturated heterocycles. The molecular weight excluding hydrogens is 425 g/mol. The minimum absolute atomic E-state index is 0.0208. The Bertz CT molecular complexity index is 1070. The number of carbonyl (C=O) groups is 2. The van der Waals surface area contributed by atoms with E-state index < -0.39 is 35.5 Å². The van der Waals surface area contributed by atoms with E-state index in [1.54, 1.807) is 39.0 Å². The van der Waals surface area contributed by atoms with Gasteiger partial charge >= 0.3 is 6.09 Å². The van der Waals surface area contributed by atoms with E-state index in [9.17, 15) is 19.2 Å². The second-order valence-corrected chi connectivity index (χ2v) is 9.77. The molecule has 4 rings (SSSR count). The lowest BCUT2D eigenvalue weighted by Gasteiger charge is -2.35. The summed E-state index contributed by atoms with van der Waals surface area (Å²) in [5.41, 5.74) is 1.07. The third kappa shape index (κ3) is 4.87. The zero-order valence-electron chi connectivity index (χ0n) is 19.0. The maximum absolute atomic E-state index is 14.7. The molecule has 4 atom stereocenters. The highest BCUT2D eigenvalue weighted by atomic mass is 19.1. The fraction of sp³-hybridized carbons (Fsp3) is 0.480. The van der Waals surface area contributed by atoms with Gasteiger partial charge in [0.05, 0.1) is 18.6 Å². The van der Waals surface area contributed by atoms with Crippen molar-refractivity contribution in [3.63, 3.8) is 0 Å². The summed E-state index contributed by atoms with van der Waals surface area (Å²) < 4.78 is 25.3. The van der Waals surface area contributed by atoms with Crippen LogP contribution in [-0.2, 0) is 16.0 Å². The second kappa shape index (κ2) is 8.89. The minimum Gasteiger partial charge on any atom is -0.472 e. The monoisotopic (exact) mass is 453 g/mol. The smallest absolute Gasteiger partial charge is 0.411 e.